The SMILES string of the molecule is CC(C(O)c1cc(Cl)c(Br)cc1F)S(C)(=O)=O. The predicted octanol–water partition coefficient (Wildman–Crippen LogP) is 2.71. The van der Waals surface area contributed by atoms with E-state index >= 15 is 0 Å². The van der Waals surface area contributed by atoms with Crippen LogP contribution in [0.15, 0.2) is 16.6 Å². The fourth-order valence-electron chi connectivity index (χ4n) is 1.25. The summed E-state index contributed by atoms with van der Waals surface area (Å²) in [6.45, 7) is 1.31. The molecule has 0 aliphatic rings. The lowest BCUT2D eigenvalue weighted by molar-refractivity contribution is 0.171. The van der Waals surface area contributed by atoms with Crippen molar-refractivity contribution < 1.29 is 17.9 Å². The van der Waals surface area contributed by atoms with E-state index in [0.29, 0.717) is 4.47 Å². The fraction of sp³-hybridized carbons (Fsp3) is 0.400. The summed E-state index contributed by atoms with van der Waals surface area (Å²) in [6.07, 6.45) is -0.463. The third-order valence-corrected chi connectivity index (χ3v) is 5.28. The highest BCUT2D eigenvalue weighted by Crippen LogP contribution is 2.31. The number of hydrogen-bond donors (Lipinski definition) is 1. The standard InChI is InChI=1S/C10H11BrClFO3S/c1-5(17(2,15)16)10(14)6-3-8(12)7(11)4-9(6)13/h3-5,10,14H,1-2H3. The van der Waals surface area contributed by atoms with Crippen LogP contribution < -0.4 is 0 Å². The van der Waals surface area contributed by atoms with Crippen molar-refractivity contribution in [3.8, 4) is 0 Å². The quantitative estimate of drug-likeness (QED) is 0.857. The number of rotatable bonds is 3. The molecule has 0 heterocycles. The van der Waals surface area contributed by atoms with Gasteiger partial charge in [-0.25, -0.2) is 12.8 Å². The lowest BCUT2D eigenvalue weighted by atomic mass is 10.1. The highest BCUT2D eigenvalue weighted by atomic mass is 79.9. The van der Waals surface area contributed by atoms with Crippen LogP contribution in [0, 0.1) is 5.82 Å². The number of halogens is 3. The lowest BCUT2D eigenvalue weighted by Crippen LogP contribution is -2.25. The van der Waals surface area contributed by atoms with Crippen molar-refractivity contribution in [2.24, 2.45) is 0 Å². The Morgan fingerprint density at radius 1 is 1.47 bits per heavy atom. The van der Waals surface area contributed by atoms with E-state index < -0.39 is 27.0 Å². The molecule has 2 unspecified atom stereocenters. The molecule has 17 heavy (non-hydrogen) atoms. The summed E-state index contributed by atoms with van der Waals surface area (Å²) in [6, 6.07) is 2.31. The van der Waals surface area contributed by atoms with E-state index in [0.717, 1.165) is 12.3 Å². The molecule has 0 amide bonds. The molecule has 2 atom stereocenters. The minimum absolute atomic E-state index is 0.129. The third kappa shape index (κ3) is 3.40. The molecule has 1 rings (SSSR count). The van der Waals surface area contributed by atoms with Crippen molar-refractivity contribution in [1.82, 2.24) is 0 Å². The number of aliphatic hydroxyl groups is 1. The molecular weight excluding hydrogens is 335 g/mol. The molecule has 1 aromatic carbocycles. The van der Waals surface area contributed by atoms with Crippen LogP contribution in [0.1, 0.15) is 18.6 Å². The molecule has 3 nitrogen and oxygen atoms in total. The lowest BCUT2D eigenvalue weighted by Gasteiger charge is -2.18. The van der Waals surface area contributed by atoms with Crippen molar-refractivity contribution in [3.05, 3.63) is 33.0 Å². The Labute approximate surface area is 113 Å². The molecule has 1 N–H and O–H groups in total. The Morgan fingerprint density at radius 3 is 2.47 bits per heavy atom. The molecule has 0 saturated heterocycles. The topological polar surface area (TPSA) is 54.4 Å². The summed E-state index contributed by atoms with van der Waals surface area (Å²) in [7, 11) is -3.46. The Kier molecular flexibility index (Phi) is 4.57. The first-order chi connectivity index (χ1) is 7.64. The second kappa shape index (κ2) is 5.22. The number of sulfone groups is 1. The van der Waals surface area contributed by atoms with Crippen LogP contribution in [0.4, 0.5) is 4.39 Å². The molecule has 0 spiro atoms. The van der Waals surface area contributed by atoms with E-state index in [1.165, 1.54) is 13.0 Å². The summed E-state index contributed by atoms with van der Waals surface area (Å²) in [4.78, 5) is 0. The maximum absolute atomic E-state index is 13.6. The van der Waals surface area contributed by atoms with Gasteiger partial charge in [-0.15, -0.1) is 0 Å². The molecule has 0 aromatic heterocycles. The monoisotopic (exact) mass is 344 g/mol. The van der Waals surface area contributed by atoms with Gasteiger partial charge in [0.05, 0.1) is 16.4 Å². The largest absolute Gasteiger partial charge is 0.387 e. The van der Waals surface area contributed by atoms with Gasteiger partial charge >= 0.3 is 0 Å². The van der Waals surface area contributed by atoms with Gasteiger partial charge < -0.3 is 5.11 Å². The summed E-state index contributed by atoms with van der Waals surface area (Å²) >= 11 is 8.81. The van der Waals surface area contributed by atoms with E-state index in [-0.39, 0.29) is 10.6 Å². The van der Waals surface area contributed by atoms with Gasteiger partial charge in [-0.05, 0) is 35.0 Å². The molecule has 0 aliphatic heterocycles. The average molecular weight is 346 g/mol. The van der Waals surface area contributed by atoms with Crippen molar-refractivity contribution in [2.45, 2.75) is 18.3 Å². The zero-order valence-electron chi connectivity index (χ0n) is 9.12. The molecule has 96 valence electrons. The van der Waals surface area contributed by atoms with Crippen LogP contribution in [0.3, 0.4) is 0 Å². The predicted molar refractivity (Wildman–Crippen MR) is 68.4 cm³/mol. The van der Waals surface area contributed by atoms with Crippen molar-refractivity contribution in [2.75, 3.05) is 6.26 Å². The van der Waals surface area contributed by atoms with Crippen LogP contribution in [-0.4, -0.2) is 25.0 Å². The molecule has 0 saturated carbocycles. The molecule has 1 aromatic rings. The number of hydrogen-bond acceptors (Lipinski definition) is 3. The van der Waals surface area contributed by atoms with Gasteiger partial charge in [-0.1, -0.05) is 11.6 Å². The molecule has 0 radical (unpaired) electrons. The van der Waals surface area contributed by atoms with E-state index in [2.05, 4.69) is 15.9 Å². The third-order valence-electron chi connectivity index (χ3n) is 2.48. The average Bonchev–Trinajstić information content (AvgIpc) is 2.20. The fourth-order valence-corrected chi connectivity index (χ4v) is 2.35. The normalized spacial score (nSPS) is 15.6. The van der Waals surface area contributed by atoms with Crippen molar-refractivity contribution in [1.29, 1.82) is 0 Å². The molecule has 0 aliphatic carbocycles. The van der Waals surface area contributed by atoms with Crippen molar-refractivity contribution in [3.63, 3.8) is 0 Å². The second-order valence-corrected chi connectivity index (χ2v) is 7.43. The van der Waals surface area contributed by atoms with Gasteiger partial charge in [0.2, 0.25) is 0 Å². The second-order valence-electron chi connectivity index (χ2n) is 3.77. The first-order valence-corrected chi connectivity index (χ1v) is 7.78. The first-order valence-electron chi connectivity index (χ1n) is 4.66. The summed E-state index contributed by atoms with van der Waals surface area (Å²) in [5.41, 5.74) is -0.129. The van der Waals surface area contributed by atoms with Crippen LogP contribution in [0.5, 0.6) is 0 Å². The maximum Gasteiger partial charge on any atom is 0.152 e. The van der Waals surface area contributed by atoms with Gasteiger partial charge in [0.15, 0.2) is 9.84 Å². The Balaban J connectivity index is 3.22. The van der Waals surface area contributed by atoms with Crippen LogP contribution in [0.2, 0.25) is 5.02 Å². The number of aliphatic hydroxyl groups excluding tert-OH is 1. The van der Waals surface area contributed by atoms with Gasteiger partial charge in [-0.2, -0.15) is 0 Å². The zero-order chi connectivity index (χ0) is 13.4. The van der Waals surface area contributed by atoms with Crippen LogP contribution in [0.25, 0.3) is 0 Å². The minimum atomic E-state index is -3.46. The highest BCUT2D eigenvalue weighted by Gasteiger charge is 2.28. The van der Waals surface area contributed by atoms with Crippen molar-refractivity contribution >= 4 is 37.4 Å². The molecule has 0 fully saturated rings. The summed E-state index contributed by atoms with van der Waals surface area (Å²) in [5, 5.41) is 8.93. The van der Waals surface area contributed by atoms with E-state index in [9.17, 15) is 17.9 Å². The Morgan fingerprint density at radius 2 is 2.00 bits per heavy atom. The van der Waals surface area contributed by atoms with Crippen LogP contribution in [-0.2, 0) is 9.84 Å². The first kappa shape index (κ1) is 14.9. The molecule has 0 bridgehead atoms. The molecule has 7 heteroatoms. The highest BCUT2D eigenvalue weighted by molar-refractivity contribution is 9.10. The summed E-state index contributed by atoms with van der Waals surface area (Å²) < 4.78 is 36.5. The van der Waals surface area contributed by atoms with E-state index in [4.69, 9.17) is 11.6 Å². The summed E-state index contributed by atoms with van der Waals surface area (Å²) in [5.74, 6) is -0.704. The van der Waals surface area contributed by atoms with Crippen LogP contribution >= 0.6 is 27.5 Å². The van der Waals surface area contributed by atoms with Gasteiger partial charge in [-0.3, -0.25) is 0 Å². The smallest absolute Gasteiger partial charge is 0.152 e. The van der Waals surface area contributed by atoms with Gasteiger partial charge in [0.25, 0.3) is 0 Å². The zero-order valence-corrected chi connectivity index (χ0v) is 12.3. The van der Waals surface area contributed by atoms with Gasteiger partial charge in [0, 0.05) is 16.3 Å². The maximum atomic E-state index is 13.6. The van der Waals surface area contributed by atoms with Gasteiger partial charge in [0.1, 0.15) is 5.82 Å². The Bertz CT molecular complexity index is 533. The van der Waals surface area contributed by atoms with E-state index in [1.54, 1.807) is 0 Å². The van der Waals surface area contributed by atoms with E-state index in [1.807, 2.05) is 0 Å². The minimum Gasteiger partial charge on any atom is -0.387 e. The Hall–Kier alpha value is -0.170. The number of benzene rings is 1. The molecular formula is C10H11BrClFO3S.